The second-order valence-electron chi connectivity index (χ2n) is 4.28. The van der Waals surface area contributed by atoms with E-state index in [2.05, 4.69) is 17.1 Å². The minimum absolute atomic E-state index is 0.394. The lowest BCUT2D eigenvalue weighted by molar-refractivity contribution is 0.339. The molecule has 0 saturated carbocycles. The first-order valence-electron chi connectivity index (χ1n) is 6.55. The fourth-order valence-corrected chi connectivity index (χ4v) is 1.82. The molecular formula is C14H19N3O2. The van der Waals surface area contributed by atoms with E-state index in [1.165, 1.54) is 0 Å². The Bertz CT molecular complexity index is 525. The highest BCUT2D eigenvalue weighted by molar-refractivity contribution is 5.32. The summed E-state index contributed by atoms with van der Waals surface area (Å²) in [6.45, 7) is 4.64. The Kier molecular flexibility index (Phi) is 4.52. The van der Waals surface area contributed by atoms with Gasteiger partial charge in [-0.25, -0.2) is 0 Å². The quantitative estimate of drug-likeness (QED) is 0.864. The number of nitrogens with two attached hydrogens (primary N) is 1. The lowest BCUT2D eigenvalue weighted by Gasteiger charge is -2.09. The molecular weight excluding hydrogens is 242 g/mol. The maximum atomic E-state index is 6.15. The standard InChI is InChI=1S/C14H19N3O2/c1-3-6-12-16-14(17-19-12)13(15)10-7-5-8-11(9-10)18-4-2/h5,7-9,13H,3-4,6,15H2,1-2H3. The van der Waals surface area contributed by atoms with Crippen molar-refractivity contribution < 1.29 is 9.26 Å². The maximum absolute atomic E-state index is 6.15. The largest absolute Gasteiger partial charge is 0.494 e. The van der Waals surface area contributed by atoms with Gasteiger partial charge in [-0.15, -0.1) is 0 Å². The lowest BCUT2D eigenvalue weighted by Crippen LogP contribution is -2.13. The van der Waals surface area contributed by atoms with Crippen molar-refractivity contribution in [2.24, 2.45) is 5.73 Å². The first-order valence-corrected chi connectivity index (χ1v) is 6.55. The summed E-state index contributed by atoms with van der Waals surface area (Å²) < 4.78 is 10.6. The zero-order valence-corrected chi connectivity index (χ0v) is 11.3. The minimum Gasteiger partial charge on any atom is -0.494 e. The Morgan fingerprint density at radius 1 is 1.37 bits per heavy atom. The third-order valence-corrected chi connectivity index (χ3v) is 2.75. The van der Waals surface area contributed by atoms with E-state index in [1.807, 2.05) is 31.2 Å². The van der Waals surface area contributed by atoms with Crippen molar-refractivity contribution in [3.05, 3.63) is 41.5 Å². The first-order chi connectivity index (χ1) is 9.24. The van der Waals surface area contributed by atoms with E-state index in [-0.39, 0.29) is 0 Å². The molecule has 1 unspecified atom stereocenters. The highest BCUT2D eigenvalue weighted by atomic mass is 16.5. The summed E-state index contributed by atoms with van der Waals surface area (Å²) in [5, 5.41) is 3.93. The molecule has 19 heavy (non-hydrogen) atoms. The van der Waals surface area contributed by atoms with Crippen molar-refractivity contribution in [1.29, 1.82) is 0 Å². The van der Waals surface area contributed by atoms with Gasteiger partial charge in [0.2, 0.25) is 5.89 Å². The van der Waals surface area contributed by atoms with Gasteiger partial charge in [0.25, 0.3) is 0 Å². The number of rotatable bonds is 6. The monoisotopic (exact) mass is 261 g/mol. The van der Waals surface area contributed by atoms with Crippen LogP contribution in [-0.2, 0) is 6.42 Å². The van der Waals surface area contributed by atoms with Gasteiger partial charge in [0.15, 0.2) is 5.82 Å². The minimum atomic E-state index is -0.394. The van der Waals surface area contributed by atoms with Gasteiger partial charge in [-0.05, 0) is 31.0 Å². The average Bonchev–Trinajstić information content (AvgIpc) is 2.88. The Morgan fingerprint density at radius 3 is 2.95 bits per heavy atom. The van der Waals surface area contributed by atoms with Gasteiger partial charge < -0.3 is 15.0 Å². The van der Waals surface area contributed by atoms with Crippen LogP contribution in [0, 0.1) is 0 Å². The zero-order valence-electron chi connectivity index (χ0n) is 11.3. The van der Waals surface area contributed by atoms with Crippen LogP contribution in [0.3, 0.4) is 0 Å². The van der Waals surface area contributed by atoms with Gasteiger partial charge >= 0.3 is 0 Å². The molecule has 5 heteroatoms. The second kappa shape index (κ2) is 6.33. The molecule has 0 spiro atoms. The van der Waals surface area contributed by atoms with Crippen LogP contribution in [0.2, 0.25) is 0 Å². The highest BCUT2D eigenvalue weighted by Crippen LogP contribution is 2.21. The highest BCUT2D eigenvalue weighted by Gasteiger charge is 2.16. The molecule has 1 aromatic heterocycles. The van der Waals surface area contributed by atoms with Crippen molar-refractivity contribution in [1.82, 2.24) is 10.1 Å². The normalized spacial score (nSPS) is 12.4. The van der Waals surface area contributed by atoms with Crippen LogP contribution in [0.15, 0.2) is 28.8 Å². The molecule has 1 aromatic carbocycles. The molecule has 0 fully saturated rings. The van der Waals surface area contributed by atoms with E-state index in [0.717, 1.165) is 24.2 Å². The van der Waals surface area contributed by atoms with Crippen LogP contribution in [0.1, 0.15) is 43.6 Å². The predicted octanol–water partition coefficient (Wildman–Crippen LogP) is 2.47. The molecule has 2 rings (SSSR count). The van der Waals surface area contributed by atoms with Crippen LogP contribution < -0.4 is 10.5 Å². The predicted molar refractivity (Wildman–Crippen MR) is 71.9 cm³/mol. The van der Waals surface area contributed by atoms with Crippen molar-refractivity contribution in [2.75, 3.05) is 6.61 Å². The van der Waals surface area contributed by atoms with Gasteiger partial charge in [0.05, 0.1) is 12.6 Å². The number of aromatic nitrogens is 2. The number of nitrogens with zero attached hydrogens (tertiary/aromatic N) is 2. The van der Waals surface area contributed by atoms with Crippen LogP contribution in [-0.4, -0.2) is 16.7 Å². The number of hydrogen-bond acceptors (Lipinski definition) is 5. The Labute approximate surface area is 112 Å². The summed E-state index contributed by atoms with van der Waals surface area (Å²) in [5.41, 5.74) is 7.06. The van der Waals surface area contributed by atoms with Crippen LogP contribution in [0.4, 0.5) is 0 Å². The van der Waals surface area contributed by atoms with E-state index < -0.39 is 6.04 Å². The van der Waals surface area contributed by atoms with E-state index >= 15 is 0 Å². The SMILES string of the molecule is CCCc1nc(C(N)c2cccc(OCC)c2)no1. The summed E-state index contributed by atoms with van der Waals surface area (Å²) in [7, 11) is 0. The average molecular weight is 261 g/mol. The van der Waals surface area contributed by atoms with Crippen LogP contribution >= 0.6 is 0 Å². The molecule has 5 nitrogen and oxygen atoms in total. The molecule has 1 atom stereocenters. The lowest BCUT2D eigenvalue weighted by atomic mass is 10.1. The van der Waals surface area contributed by atoms with Crippen LogP contribution in [0.5, 0.6) is 5.75 Å². The smallest absolute Gasteiger partial charge is 0.226 e. The molecule has 0 aliphatic rings. The topological polar surface area (TPSA) is 74.2 Å². The van der Waals surface area contributed by atoms with Gasteiger partial charge in [-0.3, -0.25) is 0 Å². The molecule has 102 valence electrons. The summed E-state index contributed by atoms with van der Waals surface area (Å²) in [6, 6.07) is 7.26. The molecule has 0 aliphatic heterocycles. The number of benzene rings is 1. The number of hydrogen-bond donors (Lipinski definition) is 1. The molecule has 2 aromatic rings. The number of ether oxygens (including phenoxy) is 1. The van der Waals surface area contributed by atoms with Crippen molar-refractivity contribution in [2.45, 2.75) is 32.7 Å². The van der Waals surface area contributed by atoms with Crippen molar-refractivity contribution >= 4 is 0 Å². The summed E-state index contributed by atoms with van der Waals surface area (Å²) in [4.78, 5) is 4.31. The van der Waals surface area contributed by atoms with Gasteiger partial charge in [0, 0.05) is 6.42 Å². The molecule has 0 aliphatic carbocycles. The molecule has 0 amide bonds. The third-order valence-electron chi connectivity index (χ3n) is 2.75. The molecule has 0 radical (unpaired) electrons. The fraction of sp³-hybridized carbons (Fsp3) is 0.429. The summed E-state index contributed by atoms with van der Waals surface area (Å²) in [5.74, 6) is 1.94. The molecule has 1 heterocycles. The maximum Gasteiger partial charge on any atom is 0.226 e. The first kappa shape index (κ1) is 13.5. The van der Waals surface area contributed by atoms with E-state index in [4.69, 9.17) is 15.0 Å². The fourth-order valence-electron chi connectivity index (χ4n) is 1.82. The summed E-state index contributed by atoms with van der Waals surface area (Å²) in [6.07, 6.45) is 1.75. The third kappa shape index (κ3) is 3.32. The molecule has 0 bridgehead atoms. The van der Waals surface area contributed by atoms with E-state index in [0.29, 0.717) is 18.3 Å². The molecule has 0 saturated heterocycles. The van der Waals surface area contributed by atoms with Gasteiger partial charge in [0.1, 0.15) is 5.75 Å². The van der Waals surface area contributed by atoms with E-state index in [9.17, 15) is 0 Å². The zero-order chi connectivity index (χ0) is 13.7. The van der Waals surface area contributed by atoms with Gasteiger partial charge in [-0.1, -0.05) is 24.2 Å². The van der Waals surface area contributed by atoms with Crippen LogP contribution in [0.25, 0.3) is 0 Å². The Balaban J connectivity index is 2.17. The van der Waals surface area contributed by atoms with Crippen molar-refractivity contribution in [3.8, 4) is 5.75 Å². The second-order valence-corrected chi connectivity index (χ2v) is 4.28. The van der Waals surface area contributed by atoms with Gasteiger partial charge in [-0.2, -0.15) is 4.98 Å². The van der Waals surface area contributed by atoms with Crippen molar-refractivity contribution in [3.63, 3.8) is 0 Å². The molecule has 2 N–H and O–H groups in total. The summed E-state index contributed by atoms with van der Waals surface area (Å²) >= 11 is 0. The van der Waals surface area contributed by atoms with E-state index in [1.54, 1.807) is 0 Å². The number of aryl methyl sites for hydroxylation is 1. The Hall–Kier alpha value is -1.88. The Morgan fingerprint density at radius 2 is 2.21 bits per heavy atom.